The van der Waals surface area contributed by atoms with E-state index in [9.17, 15) is 18.8 Å². The second kappa shape index (κ2) is 10.00. The average molecular weight is 482 g/mol. The van der Waals surface area contributed by atoms with E-state index in [0.29, 0.717) is 42.9 Å². The van der Waals surface area contributed by atoms with Gasteiger partial charge in [0, 0.05) is 29.7 Å². The van der Waals surface area contributed by atoms with Gasteiger partial charge in [0.15, 0.2) is 0 Å². The molecule has 0 saturated carbocycles. The molecule has 180 valence electrons. The van der Waals surface area contributed by atoms with Gasteiger partial charge in [0.1, 0.15) is 11.4 Å². The Morgan fingerprint density at radius 1 is 0.889 bits per heavy atom. The summed E-state index contributed by atoms with van der Waals surface area (Å²) in [5.41, 5.74) is 3.14. The topological polar surface area (TPSA) is 71.4 Å². The van der Waals surface area contributed by atoms with Crippen LogP contribution in [0, 0.1) is 5.82 Å². The highest BCUT2D eigenvalue weighted by molar-refractivity contribution is 6.08. The fourth-order valence-corrected chi connectivity index (χ4v) is 4.50. The van der Waals surface area contributed by atoms with Crippen molar-refractivity contribution < 1.29 is 14.0 Å². The smallest absolute Gasteiger partial charge is 0.263 e. The zero-order valence-corrected chi connectivity index (χ0v) is 19.5. The van der Waals surface area contributed by atoms with Gasteiger partial charge in [-0.3, -0.25) is 14.4 Å². The number of halogens is 1. The molecule has 2 heterocycles. The van der Waals surface area contributed by atoms with E-state index in [0.717, 1.165) is 11.1 Å². The van der Waals surface area contributed by atoms with Crippen LogP contribution in [-0.2, 0) is 13.0 Å². The van der Waals surface area contributed by atoms with Crippen LogP contribution in [0.1, 0.15) is 38.3 Å². The fourth-order valence-electron chi connectivity index (χ4n) is 4.50. The number of nitrogens with one attached hydrogen (secondary N) is 1. The van der Waals surface area contributed by atoms with Crippen LogP contribution in [0.25, 0.3) is 0 Å². The number of aromatic nitrogens is 1. The summed E-state index contributed by atoms with van der Waals surface area (Å²) in [5, 5.41) is 2.89. The van der Waals surface area contributed by atoms with Gasteiger partial charge in [0.2, 0.25) is 0 Å². The molecule has 1 aromatic heterocycles. The van der Waals surface area contributed by atoms with E-state index >= 15 is 0 Å². The molecule has 1 N–H and O–H groups in total. The van der Waals surface area contributed by atoms with Crippen molar-refractivity contribution in [1.29, 1.82) is 0 Å². The lowest BCUT2D eigenvalue weighted by molar-refractivity contribution is 0.0982. The van der Waals surface area contributed by atoms with E-state index in [1.165, 1.54) is 28.8 Å². The molecule has 3 aromatic carbocycles. The van der Waals surface area contributed by atoms with Gasteiger partial charge in [-0.2, -0.15) is 0 Å². The second-order valence-corrected chi connectivity index (χ2v) is 8.67. The van der Waals surface area contributed by atoms with Gasteiger partial charge < -0.3 is 14.8 Å². The van der Waals surface area contributed by atoms with Crippen LogP contribution < -0.4 is 15.8 Å². The third kappa shape index (κ3) is 4.68. The molecule has 6 nitrogen and oxygen atoms in total. The van der Waals surface area contributed by atoms with Crippen molar-refractivity contribution in [2.24, 2.45) is 0 Å². The van der Waals surface area contributed by atoms with Gasteiger partial charge in [-0.25, -0.2) is 4.39 Å². The van der Waals surface area contributed by atoms with E-state index in [2.05, 4.69) is 5.32 Å². The molecule has 4 aromatic rings. The van der Waals surface area contributed by atoms with Crippen LogP contribution in [0.5, 0.6) is 0 Å². The molecule has 36 heavy (non-hydrogen) atoms. The zero-order valence-electron chi connectivity index (χ0n) is 19.5. The van der Waals surface area contributed by atoms with Crippen LogP contribution in [0.2, 0.25) is 0 Å². The molecule has 0 spiro atoms. The van der Waals surface area contributed by atoms with Crippen LogP contribution in [0.4, 0.5) is 15.8 Å². The predicted octanol–water partition coefficient (Wildman–Crippen LogP) is 4.88. The first-order valence-corrected chi connectivity index (χ1v) is 11.8. The van der Waals surface area contributed by atoms with Gasteiger partial charge in [0.05, 0.1) is 6.54 Å². The third-order valence-electron chi connectivity index (χ3n) is 6.30. The number of carbonyl (C=O) groups excluding carboxylic acids is 2. The number of hydrogen-bond acceptors (Lipinski definition) is 3. The quantitative estimate of drug-likeness (QED) is 0.442. The minimum Gasteiger partial charge on any atom is -0.322 e. The maximum absolute atomic E-state index is 13.6. The number of carbonyl (C=O) groups is 2. The van der Waals surface area contributed by atoms with Crippen molar-refractivity contribution in [3.63, 3.8) is 0 Å². The van der Waals surface area contributed by atoms with Crippen molar-refractivity contribution in [2.75, 3.05) is 16.8 Å². The molecule has 0 saturated heterocycles. The van der Waals surface area contributed by atoms with Crippen molar-refractivity contribution in [1.82, 2.24) is 4.57 Å². The number of pyridine rings is 1. The standard InChI is InChI=1S/C29H24FN3O3/c30-22-15-13-21(14-16-22)27(34)31-25-11-4-12-26-23(25)9-6-18-33(26)29(36)24-10-5-17-32(28(24)35)19-20-7-2-1-3-8-20/h1-5,7-8,10-17H,6,9,18-19H2,(H,31,34). The maximum atomic E-state index is 13.6. The summed E-state index contributed by atoms with van der Waals surface area (Å²) in [5.74, 6) is -1.15. The molecule has 0 fully saturated rings. The van der Waals surface area contributed by atoms with Crippen molar-refractivity contribution >= 4 is 23.2 Å². The lowest BCUT2D eigenvalue weighted by atomic mass is 9.98. The van der Waals surface area contributed by atoms with Gasteiger partial charge in [-0.1, -0.05) is 36.4 Å². The Bertz CT molecular complexity index is 1480. The summed E-state index contributed by atoms with van der Waals surface area (Å²) in [6, 6.07) is 23.6. The van der Waals surface area contributed by atoms with E-state index in [-0.39, 0.29) is 22.9 Å². The monoisotopic (exact) mass is 481 g/mol. The molecule has 0 unspecified atom stereocenters. The van der Waals surface area contributed by atoms with Crippen LogP contribution >= 0.6 is 0 Å². The molecule has 0 atom stereocenters. The first-order chi connectivity index (χ1) is 17.5. The summed E-state index contributed by atoms with van der Waals surface area (Å²) >= 11 is 0. The number of anilines is 2. The summed E-state index contributed by atoms with van der Waals surface area (Å²) in [7, 11) is 0. The Hall–Kier alpha value is -4.52. The predicted molar refractivity (Wildman–Crippen MR) is 137 cm³/mol. The minimum atomic E-state index is -0.415. The van der Waals surface area contributed by atoms with Crippen molar-refractivity contribution in [3.8, 4) is 0 Å². The second-order valence-electron chi connectivity index (χ2n) is 8.67. The highest BCUT2D eigenvalue weighted by atomic mass is 19.1. The average Bonchev–Trinajstić information content (AvgIpc) is 2.90. The number of hydrogen-bond donors (Lipinski definition) is 1. The molecule has 1 aliphatic rings. The Morgan fingerprint density at radius 2 is 1.67 bits per heavy atom. The van der Waals surface area contributed by atoms with Gasteiger partial charge in [-0.15, -0.1) is 0 Å². The van der Waals surface area contributed by atoms with Crippen LogP contribution in [0.3, 0.4) is 0 Å². The SMILES string of the molecule is O=C(Nc1cccc2c1CCCN2C(=O)c1cccn(Cc2ccccc2)c1=O)c1ccc(F)cc1. The Morgan fingerprint density at radius 3 is 2.44 bits per heavy atom. The molecule has 0 radical (unpaired) electrons. The molecule has 0 aliphatic carbocycles. The molecule has 1 aliphatic heterocycles. The normalized spacial score (nSPS) is 12.6. The largest absolute Gasteiger partial charge is 0.322 e. The van der Waals surface area contributed by atoms with Gasteiger partial charge in [-0.05, 0) is 72.5 Å². The van der Waals surface area contributed by atoms with Crippen molar-refractivity contribution in [2.45, 2.75) is 19.4 Å². The summed E-state index contributed by atoms with van der Waals surface area (Å²) in [4.78, 5) is 41.1. The zero-order chi connectivity index (χ0) is 25.1. The Kier molecular flexibility index (Phi) is 6.45. The molecule has 7 heteroatoms. The summed E-state index contributed by atoms with van der Waals surface area (Å²) in [6.07, 6.45) is 3.04. The number of amides is 2. The summed E-state index contributed by atoms with van der Waals surface area (Å²) < 4.78 is 14.8. The summed E-state index contributed by atoms with van der Waals surface area (Å²) in [6.45, 7) is 0.838. The molecule has 0 bridgehead atoms. The highest BCUT2D eigenvalue weighted by Gasteiger charge is 2.27. The third-order valence-corrected chi connectivity index (χ3v) is 6.30. The maximum Gasteiger partial charge on any atom is 0.263 e. The lowest BCUT2D eigenvalue weighted by Gasteiger charge is -2.31. The minimum absolute atomic E-state index is 0.0991. The van der Waals surface area contributed by atoms with Crippen LogP contribution in [0.15, 0.2) is 95.9 Å². The fraction of sp³-hybridized carbons (Fsp3) is 0.138. The number of fused-ring (bicyclic) bond motifs is 1. The number of rotatable bonds is 5. The molecular formula is C29H24FN3O3. The van der Waals surface area contributed by atoms with E-state index in [1.807, 2.05) is 36.4 Å². The number of nitrogens with zero attached hydrogens (tertiary/aromatic N) is 2. The lowest BCUT2D eigenvalue weighted by Crippen LogP contribution is -2.39. The highest BCUT2D eigenvalue weighted by Crippen LogP contribution is 2.33. The van der Waals surface area contributed by atoms with E-state index < -0.39 is 5.82 Å². The first-order valence-electron chi connectivity index (χ1n) is 11.8. The first kappa shape index (κ1) is 23.2. The van der Waals surface area contributed by atoms with Crippen LogP contribution in [-0.4, -0.2) is 22.9 Å². The van der Waals surface area contributed by atoms with E-state index in [4.69, 9.17) is 0 Å². The molecular weight excluding hydrogens is 457 g/mol. The molecule has 2 amide bonds. The number of benzene rings is 3. The van der Waals surface area contributed by atoms with Gasteiger partial charge in [0.25, 0.3) is 17.4 Å². The Balaban J connectivity index is 1.42. The van der Waals surface area contributed by atoms with E-state index in [1.54, 1.807) is 35.4 Å². The van der Waals surface area contributed by atoms with Crippen molar-refractivity contribution in [3.05, 3.63) is 130 Å². The molecule has 5 rings (SSSR count). The van der Waals surface area contributed by atoms with Gasteiger partial charge >= 0.3 is 0 Å². The Labute approximate surface area is 207 Å².